The summed E-state index contributed by atoms with van der Waals surface area (Å²) in [6, 6.07) is 0. The summed E-state index contributed by atoms with van der Waals surface area (Å²) < 4.78 is 0. The summed E-state index contributed by atoms with van der Waals surface area (Å²) in [6.07, 6.45) is 11.3. The summed E-state index contributed by atoms with van der Waals surface area (Å²) in [5, 5.41) is 10.9. The van der Waals surface area contributed by atoms with E-state index in [0.717, 1.165) is 32.1 Å². The molecule has 2 unspecified atom stereocenters. The van der Waals surface area contributed by atoms with Crippen LogP contribution < -0.4 is 5.73 Å². The lowest BCUT2D eigenvalue weighted by Crippen LogP contribution is -2.61. The molecule has 0 spiro atoms. The third-order valence-electron chi connectivity index (χ3n) is 4.90. The van der Waals surface area contributed by atoms with E-state index in [0.29, 0.717) is 5.92 Å². The van der Waals surface area contributed by atoms with Gasteiger partial charge in [-0.3, -0.25) is 0 Å². The Bertz CT molecular complexity index is 231. The zero-order chi connectivity index (χ0) is 11.6. The molecule has 0 aromatic rings. The van der Waals surface area contributed by atoms with E-state index in [9.17, 15) is 5.11 Å². The summed E-state index contributed by atoms with van der Waals surface area (Å²) in [6.45, 7) is 2.25. The Kier molecular flexibility index (Phi) is 3.60. The fraction of sp³-hybridized carbons (Fsp3) is 1.00. The normalized spacial score (nSPS) is 40.3. The molecule has 2 aliphatic rings. The van der Waals surface area contributed by atoms with Crippen LogP contribution in [0.1, 0.15) is 71.1 Å². The van der Waals surface area contributed by atoms with E-state index in [2.05, 4.69) is 6.92 Å². The largest absolute Gasteiger partial charge is 0.388 e. The molecule has 0 aliphatic heterocycles. The molecule has 2 atom stereocenters. The Morgan fingerprint density at radius 2 is 1.62 bits per heavy atom. The van der Waals surface area contributed by atoms with Crippen molar-refractivity contribution in [1.29, 1.82) is 0 Å². The SMILES string of the molecule is CC1CCCC(O)(C2(N)CCCCCC2)C1. The Morgan fingerprint density at radius 3 is 2.19 bits per heavy atom. The molecular formula is C14H27NO. The molecule has 16 heavy (non-hydrogen) atoms. The minimum Gasteiger partial charge on any atom is -0.388 e. The van der Waals surface area contributed by atoms with Gasteiger partial charge in [0.15, 0.2) is 0 Å². The third-order valence-corrected chi connectivity index (χ3v) is 4.90. The van der Waals surface area contributed by atoms with Crippen LogP contribution in [0.2, 0.25) is 0 Å². The summed E-state index contributed by atoms with van der Waals surface area (Å²) in [5.41, 5.74) is 5.71. The first-order chi connectivity index (χ1) is 7.56. The smallest absolute Gasteiger partial charge is 0.0828 e. The van der Waals surface area contributed by atoms with E-state index in [-0.39, 0.29) is 5.54 Å². The van der Waals surface area contributed by atoms with Crippen molar-refractivity contribution in [3.8, 4) is 0 Å². The van der Waals surface area contributed by atoms with Gasteiger partial charge in [0.25, 0.3) is 0 Å². The molecule has 0 radical (unpaired) electrons. The topological polar surface area (TPSA) is 46.2 Å². The fourth-order valence-electron chi connectivity index (χ4n) is 3.80. The number of hydrogen-bond acceptors (Lipinski definition) is 2. The number of rotatable bonds is 1. The molecule has 0 heterocycles. The molecule has 2 nitrogen and oxygen atoms in total. The molecule has 2 saturated carbocycles. The summed E-state index contributed by atoms with van der Waals surface area (Å²) >= 11 is 0. The van der Waals surface area contributed by atoms with E-state index >= 15 is 0 Å². The van der Waals surface area contributed by atoms with Crippen LogP contribution in [0.25, 0.3) is 0 Å². The van der Waals surface area contributed by atoms with Crippen molar-refractivity contribution in [1.82, 2.24) is 0 Å². The van der Waals surface area contributed by atoms with E-state index < -0.39 is 5.60 Å². The van der Waals surface area contributed by atoms with Crippen LogP contribution in [0.5, 0.6) is 0 Å². The van der Waals surface area contributed by atoms with E-state index in [4.69, 9.17) is 5.73 Å². The predicted molar refractivity (Wildman–Crippen MR) is 67.2 cm³/mol. The van der Waals surface area contributed by atoms with Crippen molar-refractivity contribution >= 4 is 0 Å². The summed E-state index contributed by atoms with van der Waals surface area (Å²) in [5.74, 6) is 0.641. The van der Waals surface area contributed by atoms with Crippen LogP contribution >= 0.6 is 0 Å². The highest BCUT2D eigenvalue weighted by Crippen LogP contribution is 2.44. The summed E-state index contributed by atoms with van der Waals surface area (Å²) in [4.78, 5) is 0. The second-order valence-electron chi connectivity index (χ2n) is 6.30. The Balaban J connectivity index is 2.12. The molecule has 0 amide bonds. The summed E-state index contributed by atoms with van der Waals surface area (Å²) in [7, 11) is 0. The molecule has 2 heteroatoms. The van der Waals surface area contributed by atoms with Crippen LogP contribution in [-0.4, -0.2) is 16.2 Å². The quantitative estimate of drug-likeness (QED) is 0.674. The maximum Gasteiger partial charge on any atom is 0.0828 e. The molecular weight excluding hydrogens is 198 g/mol. The van der Waals surface area contributed by atoms with Crippen molar-refractivity contribution in [2.45, 2.75) is 82.3 Å². The molecule has 2 rings (SSSR count). The lowest BCUT2D eigenvalue weighted by atomic mass is 9.65. The molecule has 0 bridgehead atoms. The molecule has 2 fully saturated rings. The maximum atomic E-state index is 10.9. The van der Waals surface area contributed by atoms with Gasteiger partial charge in [0.05, 0.1) is 5.60 Å². The molecule has 2 aliphatic carbocycles. The van der Waals surface area contributed by atoms with Crippen LogP contribution in [0.3, 0.4) is 0 Å². The van der Waals surface area contributed by atoms with Crippen LogP contribution in [0, 0.1) is 5.92 Å². The van der Waals surface area contributed by atoms with Gasteiger partial charge in [0, 0.05) is 5.54 Å². The zero-order valence-corrected chi connectivity index (χ0v) is 10.7. The number of hydrogen-bond donors (Lipinski definition) is 2. The van der Waals surface area contributed by atoms with Gasteiger partial charge >= 0.3 is 0 Å². The lowest BCUT2D eigenvalue weighted by molar-refractivity contribution is -0.0825. The van der Waals surface area contributed by atoms with Gasteiger partial charge in [0.2, 0.25) is 0 Å². The van der Waals surface area contributed by atoms with Gasteiger partial charge in [-0.2, -0.15) is 0 Å². The lowest BCUT2D eigenvalue weighted by Gasteiger charge is -2.48. The standard InChI is InChI=1S/C14H27NO/c1-12-7-6-10-14(16,11-12)13(15)8-4-2-3-5-9-13/h12,16H,2-11,15H2,1H3. The highest BCUT2D eigenvalue weighted by atomic mass is 16.3. The van der Waals surface area contributed by atoms with Crippen molar-refractivity contribution in [2.24, 2.45) is 11.7 Å². The minimum atomic E-state index is -0.574. The maximum absolute atomic E-state index is 10.9. The highest BCUT2D eigenvalue weighted by Gasteiger charge is 2.48. The van der Waals surface area contributed by atoms with Crippen LogP contribution in [0.4, 0.5) is 0 Å². The Hall–Kier alpha value is -0.0800. The number of aliphatic hydroxyl groups is 1. The van der Waals surface area contributed by atoms with Gasteiger partial charge in [-0.1, -0.05) is 45.4 Å². The van der Waals surface area contributed by atoms with Crippen molar-refractivity contribution in [3.63, 3.8) is 0 Å². The Labute approximate surface area is 99.6 Å². The average molecular weight is 225 g/mol. The van der Waals surface area contributed by atoms with Crippen molar-refractivity contribution in [3.05, 3.63) is 0 Å². The monoisotopic (exact) mass is 225 g/mol. The van der Waals surface area contributed by atoms with E-state index in [1.165, 1.54) is 32.1 Å². The average Bonchev–Trinajstić information content (AvgIpc) is 2.44. The highest BCUT2D eigenvalue weighted by molar-refractivity contribution is 5.06. The van der Waals surface area contributed by atoms with E-state index in [1.54, 1.807) is 0 Å². The third kappa shape index (κ3) is 2.28. The van der Waals surface area contributed by atoms with Gasteiger partial charge in [0.1, 0.15) is 0 Å². The van der Waals surface area contributed by atoms with Gasteiger partial charge < -0.3 is 10.8 Å². The fourth-order valence-corrected chi connectivity index (χ4v) is 3.80. The number of nitrogens with two attached hydrogens (primary N) is 1. The first kappa shape index (κ1) is 12.4. The Morgan fingerprint density at radius 1 is 1.00 bits per heavy atom. The van der Waals surface area contributed by atoms with Crippen LogP contribution in [-0.2, 0) is 0 Å². The predicted octanol–water partition coefficient (Wildman–Crippen LogP) is 2.98. The van der Waals surface area contributed by atoms with Crippen molar-refractivity contribution < 1.29 is 5.11 Å². The second-order valence-corrected chi connectivity index (χ2v) is 6.30. The van der Waals surface area contributed by atoms with Crippen LogP contribution in [0.15, 0.2) is 0 Å². The van der Waals surface area contributed by atoms with Gasteiger partial charge in [-0.05, 0) is 31.6 Å². The molecule has 94 valence electrons. The minimum absolute atomic E-state index is 0.293. The first-order valence-electron chi connectivity index (χ1n) is 7.07. The van der Waals surface area contributed by atoms with Crippen molar-refractivity contribution in [2.75, 3.05) is 0 Å². The first-order valence-corrected chi connectivity index (χ1v) is 7.07. The van der Waals surface area contributed by atoms with Gasteiger partial charge in [-0.15, -0.1) is 0 Å². The second kappa shape index (κ2) is 4.66. The zero-order valence-electron chi connectivity index (χ0n) is 10.7. The van der Waals surface area contributed by atoms with E-state index in [1.807, 2.05) is 0 Å². The molecule has 0 saturated heterocycles. The van der Waals surface area contributed by atoms with Gasteiger partial charge in [-0.25, -0.2) is 0 Å². The molecule has 0 aromatic carbocycles. The molecule has 3 N–H and O–H groups in total. The molecule has 0 aromatic heterocycles.